The van der Waals surface area contributed by atoms with Crippen molar-refractivity contribution in [3.63, 3.8) is 0 Å². The molecule has 1 unspecified atom stereocenters. The van der Waals surface area contributed by atoms with Crippen LogP contribution in [0.15, 0.2) is 24.3 Å². The molecule has 0 saturated carbocycles. The van der Waals surface area contributed by atoms with Crippen LogP contribution >= 0.6 is 0 Å². The van der Waals surface area contributed by atoms with Crippen LogP contribution in [0, 0.1) is 5.92 Å². The monoisotopic (exact) mass is 247 g/mol. The van der Waals surface area contributed by atoms with Crippen LogP contribution in [-0.2, 0) is 0 Å². The molecule has 2 rings (SSSR count). The standard InChI is InChI=1S/C15H25N3/c1-17(2)10-3-4-13-9-11-18(12-13)15-7-5-14(16)6-8-15/h5-8,13H,3-4,9-12,16H2,1-2H3. The summed E-state index contributed by atoms with van der Waals surface area (Å²) in [4.78, 5) is 4.76. The molecule has 0 spiro atoms. The highest BCUT2D eigenvalue weighted by molar-refractivity contribution is 5.53. The Labute approximate surface area is 111 Å². The molecule has 3 nitrogen and oxygen atoms in total. The van der Waals surface area contributed by atoms with Crippen molar-refractivity contribution in [1.29, 1.82) is 0 Å². The molecule has 1 heterocycles. The van der Waals surface area contributed by atoms with Gasteiger partial charge in [-0.2, -0.15) is 0 Å². The van der Waals surface area contributed by atoms with Gasteiger partial charge in [0.15, 0.2) is 0 Å². The van der Waals surface area contributed by atoms with Gasteiger partial charge >= 0.3 is 0 Å². The first-order valence-corrected chi connectivity index (χ1v) is 6.90. The Kier molecular flexibility index (Phi) is 4.48. The Bertz CT molecular complexity index is 359. The van der Waals surface area contributed by atoms with Crippen LogP contribution in [0.2, 0.25) is 0 Å². The molecule has 0 aromatic heterocycles. The number of nitrogens with two attached hydrogens (primary N) is 1. The van der Waals surface area contributed by atoms with Gasteiger partial charge in [-0.15, -0.1) is 0 Å². The number of rotatable bonds is 5. The smallest absolute Gasteiger partial charge is 0.0367 e. The SMILES string of the molecule is CN(C)CCCC1CCN(c2ccc(N)cc2)C1. The van der Waals surface area contributed by atoms with E-state index in [9.17, 15) is 0 Å². The highest BCUT2D eigenvalue weighted by Crippen LogP contribution is 2.26. The molecular weight excluding hydrogens is 222 g/mol. The molecule has 0 bridgehead atoms. The molecule has 0 amide bonds. The van der Waals surface area contributed by atoms with Crippen molar-refractivity contribution in [3.8, 4) is 0 Å². The highest BCUT2D eigenvalue weighted by Gasteiger charge is 2.22. The maximum absolute atomic E-state index is 5.72. The number of nitrogen functional groups attached to an aromatic ring is 1. The van der Waals surface area contributed by atoms with Gasteiger partial charge in [-0.1, -0.05) is 0 Å². The Morgan fingerprint density at radius 1 is 1.28 bits per heavy atom. The van der Waals surface area contributed by atoms with Crippen LogP contribution in [0.5, 0.6) is 0 Å². The summed E-state index contributed by atoms with van der Waals surface area (Å²) in [5.41, 5.74) is 7.89. The minimum absolute atomic E-state index is 0.848. The fourth-order valence-electron chi connectivity index (χ4n) is 2.68. The van der Waals surface area contributed by atoms with Gasteiger partial charge in [-0.25, -0.2) is 0 Å². The summed E-state index contributed by atoms with van der Waals surface area (Å²) >= 11 is 0. The summed E-state index contributed by atoms with van der Waals surface area (Å²) in [5, 5.41) is 0. The zero-order valence-corrected chi connectivity index (χ0v) is 11.6. The molecule has 1 fully saturated rings. The molecule has 1 aliphatic rings. The Morgan fingerprint density at radius 3 is 2.67 bits per heavy atom. The molecule has 3 heteroatoms. The normalized spacial score (nSPS) is 19.7. The van der Waals surface area contributed by atoms with Gasteiger partial charge in [-0.3, -0.25) is 0 Å². The van der Waals surface area contributed by atoms with Crippen molar-refractivity contribution in [2.24, 2.45) is 5.92 Å². The summed E-state index contributed by atoms with van der Waals surface area (Å²) in [6.45, 7) is 3.60. The van der Waals surface area contributed by atoms with E-state index in [1.807, 2.05) is 12.1 Å². The lowest BCUT2D eigenvalue weighted by atomic mass is 10.0. The van der Waals surface area contributed by atoms with Gasteiger partial charge in [0.1, 0.15) is 0 Å². The van der Waals surface area contributed by atoms with Gasteiger partial charge in [0.2, 0.25) is 0 Å². The maximum Gasteiger partial charge on any atom is 0.0367 e. The minimum Gasteiger partial charge on any atom is -0.399 e. The number of hydrogen-bond donors (Lipinski definition) is 1. The van der Waals surface area contributed by atoms with Gasteiger partial charge < -0.3 is 15.5 Å². The Hall–Kier alpha value is -1.22. The van der Waals surface area contributed by atoms with Crippen molar-refractivity contribution in [1.82, 2.24) is 4.90 Å². The average Bonchev–Trinajstić information content (AvgIpc) is 2.78. The fraction of sp³-hybridized carbons (Fsp3) is 0.600. The van der Waals surface area contributed by atoms with E-state index in [4.69, 9.17) is 5.73 Å². The third-order valence-corrected chi connectivity index (χ3v) is 3.76. The zero-order valence-electron chi connectivity index (χ0n) is 11.6. The predicted molar refractivity (Wildman–Crippen MR) is 79.0 cm³/mol. The van der Waals surface area contributed by atoms with Crippen molar-refractivity contribution in [2.75, 3.05) is 44.4 Å². The minimum atomic E-state index is 0.848. The molecule has 1 atom stereocenters. The Morgan fingerprint density at radius 2 is 2.00 bits per heavy atom. The molecule has 1 aromatic rings. The molecule has 0 aliphatic carbocycles. The summed E-state index contributed by atoms with van der Waals surface area (Å²) in [7, 11) is 4.30. The third-order valence-electron chi connectivity index (χ3n) is 3.76. The second-order valence-electron chi connectivity index (χ2n) is 5.64. The molecule has 1 saturated heterocycles. The van der Waals surface area contributed by atoms with Crippen molar-refractivity contribution >= 4 is 11.4 Å². The fourth-order valence-corrected chi connectivity index (χ4v) is 2.68. The van der Waals surface area contributed by atoms with E-state index in [1.54, 1.807) is 0 Å². The van der Waals surface area contributed by atoms with Crippen LogP contribution in [0.1, 0.15) is 19.3 Å². The molecule has 1 aromatic carbocycles. The van der Waals surface area contributed by atoms with Crippen LogP contribution in [-0.4, -0.2) is 38.6 Å². The van der Waals surface area contributed by atoms with Crippen molar-refractivity contribution in [3.05, 3.63) is 24.3 Å². The topological polar surface area (TPSA) is 32.5 Å². The van der Waals surface area contributed by atoms with E-state index in [1.165, 1.54) is 44.6 Å². The summed E-state index contributed by atoms with van der Waals surface area (Å²) < 4.78 is 0. The first kappa shape index (κ1) is 13.2. The predicted octanol–water partition coefficient (Wildman–Crippen LogP) is 2.44. The first-order chi connectivity index (χ1) is 8.65. The van der Waals surface area contributed by atoms with Gasteiger partial charge in [0.05, 0.1) is 0 Å². The third kappa shape index (κ3) is 3.64. The molecule has 1 aliphatic heterocycles. The van der Waals surface area contributed by atoms with E-state index >= 15 is 0 Å². The lowest BCUT2D eigenvalue weighted by Crippen LogP contribution is -2.20. The van der Waals surface area contributed by atoms with Crippen LogP contribution in [0.25, 0.3) is 0 Å². The van der Waals surface area contributed by atoms with Gasteiger partial charge in [0, 0.05) is 24.5 Å². The zero-order chi connectivity index (χ0) is 13.0. The lowest BCUT2D eigenvalue weighted by molar-refractivity contribution is 0.373. The summed E-state index contributed by atoms with van der Waals surface area (Å²) in [6, 6.07) is 8.26. The number of benzene rings is 1. The van der Waals surface area contributed by atoms with Crippen LogP contribution in [0.3, 0.4) is 0 Å². The van der Waals surface area contributed by atoms with Crippen molar-refractivity contribution in [2.45, 2.75) is 19.3 Å². The van der Waals surface area contributed by atoms with Gasteiger partial charge in [0.25, 0.3) is 0 Å². The second-order valence-corrected chi connectivity index (χ2v) is 5.64. The molecule has 0 radical (unpaired) electrons. The molecular formula is C15H25N3. The average molecular weight is 247 g/mol. The number of hydrogen-bond acceptors (Lipinski definition) is 3. The van der Waals surface area contributed by atoms with E-state index in [2.05, 4.69) is 36.0 Å². The number of anilines is 2. The quantitative estimate of drug-likeness (QED) is 0.811. The summed E-state index contributed by atoms with van der Waals surface area (Å²) in [5.74, 6) is 0.863. The first-order valence-electron chi connectivity index (χ1n) is 6.90. The molecule has 18 heavy (non-hydrogen) atoms. The van der Waals surface area contributed by atoms with E-state index in [0.29, 0.717) is 0 Å². The highest BCUT2D eigenvalue weighted by atomic mass is 15.1. The second kappa shape index (κ2) is 6.10. The van der Waals surface area contributed by atoms with Gasteiger partial charge in [-0.05, 0) is 70.1 Å². The van der Waals surface area contributed by atoms with E-state index in [-0.39, 0.29) is 0 Å². The lowest BCUT2D eigenvalue weighted by Gasteiger charge is -2.19. The molecule has 100 valence electrons. The van der Waals surface area contributed by atoms with Crippen molar-refractivity contribution < 1.29 is 0 Å². The van der Waals surface area contributed by atoms with Crippen LogP contribution in [0.4, 0.5) is 11.4 Å². The largest absolute Gasteiger partial charge is 0.399 e. The number of nitrogens with zero attached hydrogens (tertiary/aromatic N) is 2. The van der Waals surface area contributed by atoms with E-state index < -0.39 is 0 Å². The van der Waals surface area contributed by atoms with E-state index in [0.717, 1.165) is 11.6 Å². The molecule has 2 N–H and O–H groups in total. The summed E-state index contributed by atoms with van der Waals surface area (Å²) in [6.07, 6.45) is 3.99. The Balaban J connectivity index is 1.79. The van der Waals surface area contributed by atoms with Crippen LogP contribution < -0.4 is 10.6 Å². The maximum atomic E-state index is 5.72.